The first kappa shape index (κ1) is 21.4. The van der Waals surface area contributed by atoms with Crippen LogP contribution in [-0.4, -0.2) is 47.7 Å². The molecule has 32 heavy (non-hydrogen) atoms. The lowest BCUT2D eigenvalue weighted by Gasteiger charge is -2.33. The maximum atomic E-state index is 12.9. The zero-order valence-electron chi connectivity index (χ0n) is 17.8. The minimum absolute atomic E-state index is 0.0103. The quantitative estimate of drug-likeness (QED) is 0.566. The highest BCUT2D eigenvalue weighted by Gasteiger charge is 2.29. The molecule has 1 atom stereocenters. The van der Waals surface area contributed by atoms with Crippen molar-refractivity contribution >= 4 is 38.4 Å². The van der Waals surface area contributed by atoms with Gasteiger partial charge in [0.15, 0.2) is 5.58 Å². The zero-order chi connectivity index (χ0) is 22.5. The number of sulfonamides is 1. The van der Waals surface area contributed by atoms with E-state index in [0.717, 1.165) is 19.3 Å². The van der Waals surface area contributed by atoms with Gasteiger partial charge in [-0.2, -0.15) is 4.31 Å². The predicted molar refractivity (Wildman–Crippen MR) is 121 cm³/mol. The van der Waals surface area contributed by atoms with Gasteiger partial charge in [0, 0.05) is 43.5 Å². The van der Waals surface area contributed by atoms with Crippen LogP contribution in [0.5, 0.6) is 0 Å². The minimum atomic E-state index is -3.60. The van der Waals surface area contributed by atoms with E-state index in [9.17, 15) is 18.0 Å². The Kier molecular flexibility index (Phi) is 5.47. The lowest BCUT2D eigenvalue weighted by molar-refractivity contribution is -0.134. The Morgan fingerprint density at radius 3 is 2.75 bits per heavy atom. The lowest BCUT2D eigenvalue weighted by atomic mass is 10.0. The molecule has 0 N–H and O–H groups in total. The van der Waals surface area contributed by atoms with E-state index < -0.39 is 15.8 Å². The molecule has 10 heteroatoms. The van der Waals surface area contributed by atoms with Crippen molar-refractivity contribution in [1.82, 2.24) is 13.8 Å². The highest BCUT2D eigenvalue weighted by Crippen LogP contribution is 2.33. The van der Waals surface area contributed by atoms with Gasteiger partial charge in [0.05, 0.1) is 16.5 Å². The summed E-state index contributed by atoms with van der Waals surface area (Å²) in [6, 6.07) is 6.61. The molecule has 1 amide bonds. The van der Waals surface area contributed by atoms with E-state index in [1.54, 1.807) is 17.4 Å². The molecule has 4 heterocycles. The number of thiophene rings is 1. The van der Waals surface area contributed by atoms with Gasteiger partial charge in [-0.25, -0.2) is 13.2 Å². The van der Waals surface area contributed by atoms with Gasteiger partial charge < -0.3 is 9.32 Å². The topological polar surface area (TPSA) is 92.8 Å². The third-order valence-corrected chi connectivity index (χ3v) is 9.38. The van der Waals surface area contributed by atoms with Crippen molar-refractivity contribution < 1.29 is 17.6 Å². The number of oxazole rings is 1. The number of rotatable bonds is 5. The summed E-state index contributed by atoms with van der Waals surface area (Å²) in [5.41, 5.74) is 1.92. The molecule has 0 unspecified atom stereocenters. The molecule has 8 nitrogen and oxygen atoms in total. The maximum Gasteiger partial charge on any atom is 0.419 e. The molecule has 1 aromatic carbocycles. The third kappa shape index (κ3) is 3.60. The largest absolute Gasteiger partial charge is 0.419 e. The first-order valence-corrected chi connectivity index (χ1v) is 13.2. The summed E-state index contributed by atoms with van der Waals surface area (Å²) in [6.07, 6.45) is 2.73. The molecule has 0 bridgehead atoms. The maximum absolute atomic E-state index is 12.9. The molecular formula is C22H25N3O5S2. The average molecular weight is 476 g/mol. The van der Waals surface area contributed by atoms with Crippen molar-refractivity contribution in [3.05, 3.63) is 50.6 Å². The third-order valence-electron chi connectivity index (χ3n) is 6.49. The molecule has 1 fully saturated rings. The van der Waals surface area contributed by atoms with E-state index in [1.165, 1.54) is 31.4 Å². The monoisotopic (exact) mass is 475 g/mol. The van der Waals surface area contributed by atoms with Gasteiger partial charge in [-0.05, 0) is 55.3 Å². The van der Waals surface area contributed by atoms with Gasteiger partial charge in [0.25, 0.3) is 0 Å². The molecule has 0 spiro atoms. The second-order valence-electron chi connectivity index (χ2n) is 8.32. The fraction of sp³-hybridized carbons (Fsp3) is 0.455. The number of hydrogen-bond acceptors (Lipinski definition) is 6. The van der Waals surface area contributed by atoms with Gasteiger partial charge in [0.2, 0.25) is 15.9 Å². The molecular weight excluding hydrogens is 450 g/mol. The second-order valence-corrected chi connectivity index (χ2v) is 11.3. The number of fused-ring (bicyclic) bond motifs is 2. The summed E-state index contributed by atoms with van der Waals surface area (Å²) < 4.78 is 33.8. The van der Waals surface area contributed by atoms with Crippen LogP contribution in [0.3, 0.4) is 0 Å². The summed E-state index contributed by atoms with van der Waals surface area (Å²) in [5, 5.41) is 2.06. The molecule has 2 aliphatic heterocycles. The van der Waals surface area contributed by atoms with Crippen LogP contribution in [0.15, 0.2) is 43.8 Å². The van der Waals surface area contributed by atoms with Gasteiger partial charge >= 0.3 is 5.76 Å². The summed E-state index contributed by atoms with van der Waals surface area (Å²) in [6.45, 7) is 3.91. The van der Waals surface area contributed by atoms with Crippen molar-refractivity contribution in [2.45, 2.75) is 50.1 Å². The fourth-order valence-corrected chi connectivity index (χ4v) is 7.19. The Hall–Kier alpha value is -2.43. The Bertz CT molecular complexity index is 1330. The van der Waals surface area contributed by atoms with Gasteiger partial charge in [0.1, 0.15) is 0 Å². The Morgan fingerprint density at radius 2 is 1.97 bits per heavy atom. The first-order chi connectivity index (χ1) is 15.4. The molecule has 0 radical (unpaired) electrons. The number of hydrogen-bond donors (Lipinski definition) is 0. The predicted octanol–water partition coefficient (Wildman–Crippen LogP) is 2.98. The molecule has 2 aromatic heterocycles. The van der Waals surface area contributed by atoms with Gasteiger partial charge in [-0.1, -0.05) is 0 Å². The van der Waals surface area contributed by atoms with Gasteiger partial charge in [-0.15, -0.1) is 11.3 Å². The van der Waals surface area contributed by atoms with E-state index >= 15 is 0 Å². The lowest BCUT2D eigenvalue weighted by Crippen LogP contribution is -2.38. The number of aromatic nitrogens is 1. The van der Waals surface area contributed by atoms with Gasteiger partial charge in [-0.3, -0.25) is 9.36 Å². The highest BCUT2D eigenvalue weighted by atomic mass is 32.2. The molecule has 0 aliphatic carbocycles. The molecule has 2 aliphatic rings. The minimum Gasteiger partial charge on any atom is -0.408 e. The van der Waals surface area contributed by atoms with E-state index in [-0.39, 0.29) is 35.4 Å². The molecule has 5 rings (SSSR count). The summed E-state index contributed by atoms with van der Waals surface area (Å²) in [4.78, 5) is 28.7. The Labute approximate surface area is 190 Å². The fourth-order valence-electron chi connectivity index (χ4n) is 4.70. The van der Waals surface area contributed by atoms with Crippen molar-refractivity contribution in [2.24, 2.45) is 0 Å². The van der Waals surface area contributed by atoms with Crippen LogP contribution in [0.2, 0.25) is 0 Å². The van der Waals surface area contributed by atoms with E-state index in [1.807, 2.05) is 11.8 Å². The summed E-state index contributed by atoms with van der Waals surface area (Å²) in [7, 11) is -3.60. The van der Waals surface area contributed by atoms with Crippen molar-refractivity contribution in [3.63, 3.8) is 0 Å². The van der Waals surface area contributed by atoms with Crippen LogP contribution < -0.4 is 5.76 Å². The summed E-state index contributed by atoms with van der Waals surface area (Å²) >= 11 is 1.73. The van der Waals surface area contributed by atoms with Crippen LogP contribution in [0.4, 0.5) is 0 Å². The Balaban J connectivity index is 1.34. The van der Waals surface area contributed by atoms with Crippen LogP contribution in [-0.2, 0) is 27.8 Å². The van der Waals surface area contributed by atoms with Crippen molar-refractivity contribution in [1.29, 1.82) is 0 Å². The number of amides is 1. The number of benzene rings is 1. The number of carbonyl (C=O) groups is 1. The Morgan fingerprint density at radius 1 is 1.19 bits per heavy atom. The standard InChI is InChI=1S/C22H25N3O5S2/c1-15-17-8-13-31-20(17)6-11-24(15)21(26)7-12-25-18-5-4-16(14-19(18)30-22(25)27)32(28,29)23-9-2-3-10-23/h4-5,8,13-15H,2-3,6-7,9-12H2,1H3/t15-/m0/s1. The van der Waals surface area contributed by atoms with Crippen molar-refractivity contribution in [3.8, 4) is 0 Å². The molecule has 170 valence electrons. The summed E-state index contributed by atoms with van der Waals surface area (Å²) in [5.74, 6) is -0.598. The van der Waals surface area contributed by atoms with Crippen LogP contribution >= 0.6 is 11.3 Å². The first-order valence-electron chi connectivity index (χ1n) is 10.9. The van der Waals surface area contributed by atoms with E-state index in [4.69, 9.17) is 4.42 Å². The normalized spacial score (nSPS) is 19.5. The number of aryl methyl sites for hydroxylation is 1. The average Bonchev–Trinajstić information content (AvgIpc) is 3.52. The molecule has 1 saturated heterocycles. The zero-order valence-corrected chi connectivity index (χ0v) is 19.5. The van der Waals surface area contributed by atoms with Crippen LogP contribution in [0, 0.1) is 0 Å². The smallest absolute Gasteiger partial charge is 0.408 e. The van der Waals surface area contributed by atoms with E-state index in [2.05, 4.69) is 11.4 Å². The van der Waals surface area contributed by atoms with Crippen LogP contribution in [0.1, 0.15) is 42.7 Å². The highest BCUT2D eigenvalue weighted by molar-refractivity contribution is 7.89. The number of nitrogens with zero attached hydrogens (tertiary/aromatic N) is 3. The van der Waals surface area contributed by atoms with E-state index in [0.29, 0.717) is 25.2 Å². The second kappa shape index (κ2) is 8.17. The number of carbonyl (C=O) groups excluding carboxylic acids is 1. The molecule has 3 aromatic rings. The van der Waals surface area contributed by atoms with Crippen molar-refractivity contribution in [2.75, 3.05) is 19.6 Å². The van der Waals surface area contributed by atoms with Crippen LogP contribution in [0.25, 0.3) is 11.1 Å². The molecule has 0 saturated carbocycles. The SMILES string of the molecule is C[C@H]1c2ccsc2CCN1C(=O)CCn1c(=O)oc2cc(S(=O)(=O)N3CCCC3)ccc21.